The lowest BCUT2D eigenvalue weighted by atomic mass is 9.90. The molecular weight excluding hydrogens is 474 g/mol. The first kappa shape index (κ1) is 21.5. The molecule has 1 aliphatic rings. The number of ether oxygens (including phenoxy) is 2. The average Bonchev–Trinajstić information content (AvgIpc) is 2.77. The monoisotopic (exact) mass is 505 g/mol. The van der Waals surface area contributed by atoms with Crippen molar-refractivity contribution in [3.8, 4) is 0 Å². The van der Waals surface area contributed by atoms with Crippen molar-refractivity contribution in [1.29, 1.82) is 0 Å². The van der Waals surface area contributed by atoms with Gasteiger partial charge in [-0.1, -0.05) is 76.6 Å². The van der Waals surface area contributed by atoms with E-state index < -0.39 is 48.3 Å². The Hall–Kier alpha value is -2.38. The average molecular weight is 506 g/mol. The fourth-order valence-corrected chi connectivity index (χ4v) is 3.80. The first-order valence-electron chi connectivity index (χ1n) is 11.5. The number of carbonyl (C=O) groups excluding carboxylic acids is 2. The third kappa shape index (κ3) is 5.90. The molecule has 1 heterocycles. The van der Waals surface area contributed by atoms with Gasteiger partial charge in [0.05, 0.1) is 6.10 Å². The maximum absolute atomic E-state index is 13.6. The van der Waals surface area contributed by atoms with Gasteiger partial charge in [-0.15, -0.1) is 0 Å². The van der Waals surface area contributed by atoms with Crippen molar-refractivity contribution in [1.82, 2.24) is 4.90 Å². The van der Waals surface area contributed by atoms with Gasteiger partial charge in [-0.25, -0.2) is 9.59 Å². The summed E-state index contributed by atoms with van der Waals surface area (Å²) >= 11 is 3.14. The predicted molar refractivity (Wildman–Crippen MR) is 125 cm³/mol. The second-order valence-electron chi connectivity index (χ2n) is 8.63. The smallest absolute Gasteiger partial charge is 0.411 e. The second kappa shape index (κ2) is 10.5. The van der Waals surface area contributed by atoms with Crippen LogP contribution in [0.25, 0.3) is 0 Å². The summed E-state index contributed by atoms with van der Waals surface area (Å²) in [5.41, 5.74) is 0.448. The third-order valence-electron chi connectivity index (χ3n) is 4.93. The van der Waals surface area contributed by atoms with Gasteiger partial charge in [-0.3, -0.25) is 4.90 Å². The number of morpholine rings is 1. The molecule has 4 atom stereocenters. The largest absolute Gasteiger partial charge is 0.453 e. The Morgan fingerprint density at radius 3 is 2.25 bits per heavy atom. The number of cyclic esters (lactones) is 1. The van der Waals surface area contributed by atoms with E-state index >= 15 is 0 Å². The van der Waals surface area contributed by atoms with Crippen LogP contribution >= 0.6 is 15.9 Å². The molecule has 0 saturated carbocycles. The molecule has 6 nitrogen and oxygen atoms in total. The van der Waals surface area contributed by atoms with Crippen molar-refractivity contribution in [2.45, 2.75) is 63.5 Å². The molecule has 2 aromatic carbocycles. The van der Waals surface area contributed by atoms with E-state index in [1.165, 1.54) is 0 Å². The molecule has 172 valence electrons. The molecule has 32 heavy (non-hydrogen) atoms. The van der Waals surface area contributed by atoms with Crippen LogP contribution in [0.2, 0.25) is 0 Å². The number of halogens is 1. The highest BCUT2D eigenvalue weighted by Crippen LogP contribution is 2.43. The second-order valence-corrected chi connectivity index (χ2v) is 9.28. The zero-order valence-corrected chi connectivity index (χ0v) is 20.0. The van der Waals surface area contributed by atoms with Crippen molar-refractivity contribution < 1.29 is 26.9 Å². The lowest BCUT2D eigenvalue weighted by Gasteiger charge is -2.45. The number of hydrogen-bond donors (Lipinski definition) is 1. The molecule has 0 aliphatic carbocycles. The number of alkyl halides is 1. The summed E-state index contributed by atoms with van der Waals surface area (Å²) < 4.78 is 28.9. The summed E-state index contributed by atoms with van der Waals surface area (Å²) in [7, 11) is 0. The molecular formula is C25H30BrNO5. The summed E-state index contributed by atoms with van der Waals surface area (Å²) in [6, 6.07) is 15.6. The Morgan fingerprint density at radius 1 is 1.16 bits per heavy atom. The minimum absolute atomic E-state index is 0.121. The van der Waals surface area contributed by atoms with E-state index in [-0.39, 0.29) is 11.8 Å². The Kier molecular flexibility index (Phi) is 7.04. The van der Waals surface area contributed by atoms with Gasteiger partial charge >= 0.3 is 12.1 Å². The zero-order valence-electron chi connectivity index (χ0n) is 20.4. The Bertz CT molecular complexity index is 984. The molecule has 1 N–H and O–H groups in total. The van der Waals surface area contributed by atoms with Crippen LogP contribution < -0.4 is 0 Å². The standard InChI is InChI=1S/C25H30BrNO5/c1-25(2,3)32-24(30)27-20(15-14-19(28)16-26)23(29)31-22(18-12-8-5-9-13-18)21(27)17-10-6-4-7-11-17/h4-13,19-22,28H,14-16H2,1-3H3/t19-,20?,21+,22-/m1/s1/i15D2. The first-order valence-corrected chi connectivity index (χ1v) is 11.6. The Labute approximate surface area is 200 Å². The van der Waals surface area contributed by atoms with Gasteiger partial charge in [-0.2, -0.15) is 0 Å². The number of nitrogens with zero attached hydrogens (tertiary/aromatic N) is 1. The topological polar surface area (TPSA) is 76.1 Å². The van der Waals surface area contributed by atoms with Gasteiger partial charge in [0.2, 0.25) is 0 Å². The molecule has 7 heteroatoms. The van der Waals surface area contributed by atoms with Crippen molar-refractivity contribution in [3.05, 3.63) is 71.8 Å². The number of esters is 1. The van der Waals surface area contributed by atoms with E-state index in [2.05, 4.69) is 15.9 Å². The summed E-state index contributed by atoms with van der Waals surface area (Å²) in [6.07, 6.45) is -5.45. The molecule has 3 rings (SSSR count). The molecule has 0 aromatic heterocycles. The molecule has 2 aromatic rings. The minimum atomic E-state index is -2.30. The van der Waals surface area contributed by atoms with E-state index in [0.29, 0.717) is 11.1 Å². The van der Waals surface area contributed by atoms with Crippen LogP contribution in [0.1, 0.15) is 59.6 Å². The number of amides is 1. The first-order chi connectivity index (χ1) is 15.9. The number of rotatable bonds is 6. The van der Waals surface area contributed by atoms with E-state index in [0.717, 1.165) is 4.90 Å². The van der Waals surface area contributed by atoms with Crippen LogP contribution in [0.4, 0.5) is 4.79 Å². The molecule has 1 saturated heterocycles. The molecule has 1 aliphatic heterocycles. The maximum Gasteiger partial charge on any atom is 0.411 e. The van der Waals surface area contributed by atoms with Gasteiger partial charge in [0.1, 0.15) is 17.7 Å². The summed E-state index contributed by atoms with van der Waals surface area (Å²) in [5, 5.41) is 10.3. The fraction of sp³-hybridized carbons (Fsp3) is 0.440. The quantitative estimate of drug-likeness (QED) is 0.432. The van der Waals surface area contributed by atoms with Crippen molar-refractivity contribution in [2.75, 3.05) is 5.33 Å². The third-order valence-corrected chi connectivity index (χ3v) is 5.68. The normalized spacial score (nSPS) is 23.6. The zero-order chi connectivity index (χ0) is 25.1. The number of carbonyl (C=O) groups is 2. The molecule has 0 spiro atoms. The van der Waals surface area contributed by atoms with Gasteiger partial charge in [-0.05, 0) is 44.7 Å². The molecule has 1 unspecified atom stereocenters. The van der Waals surface area contributed by atoms with Gasteiger partial charge in [0.15, 0.2) is 6.10 Å². The van der Waals surface area contributed by atoms with Crippen LogP contribution in [0.5, 0.6) is 0 Å². The van der Waals surface area contributed by atoms with Gasteiger partial charge in [0.25, 0.3) is 0 Å². The van der Waals surface area contributed by atoms with E-state index in [1.807, 2.05) is 12.1 Å². The van der Waals surface area contributed by atoms with Crippen molar-refractivity contribution in [3.63, 3.8) is 0 Å². The lowest BCUT2D eigenvalue weighted by molar-refractivity contribution is -0.175. The van der Waals surface area contributed by atoms with Crippen LogP contribution in [0, 0.1) is 0 Å². The van der Waals surface area contributed by atoms with E-state index in [4.69, 9.17) is 12.2 Å². The molecule has 0 radical (unpaired) electrons. The van der Waals surface area contributed by atoms with E-state index in [1.54, 1.807) is 69.3 Å². The lowest BCUT2D eigenvalue weighted by Crippen LogP contribution is -2.55. The summed E-state index contributed by atoms with van der Waals surface area (Å²) in [5.74, 6) is -0.890. The Morgan fingerprint density at radius 2 is 1.72 bits per heavy atom. The molecule has 0 bridgehead atoms. The number of hydrogen-bond acceptors (Lipinski definition) is 5. The van der Waals surface area contributed by atoms with Crippen LogP contribution in [-0.4, -0.2) is 45.1 Å². The van der Waals surface area contributed by atoms with Gasteiger partial charge < -0.3 is 14.6 Å². The predicted octanol–water partition coefficient (Wildman–Crippen LogP) is 5.17. The number of aliphatic hydroxyl groups is 1. The summed E-state index contributed by atoms with van der Waals surface area (Å²) in [6.45, 7) is 5.12. The van der Waals surface area contributed by atoms with Crippen molar-refractivity contribution in [2.24, 2.45) is 0 Å². The van der Waals surface area contributed by atoms with Gasteiger partial charge in [0, 0.05) is 8.07 Å². The molecule has 1 amide bonds. The number of aliphatic hydroxyl groups excluding tert-OH is 1. The molecule has 1 fully saturated rings. The summed E-state index contributed by atoms with van der Waals surface area (Å²) in [4.78, 5) is 28.1. The van der Waals surface area contributed by atoms with Crippen LogP contribution in [-0.2, 0) is 14.3 Å². The highest BCUT2D eigenvalue weighted by atomic mass is 79.9. The highest BCUT2D eigenvalue weighted by Gasteiger charge is 2.48. The minimum Gasteiger partial charge on any atom is -0.453 e. The SMILES string of the molecule is [2H]C([2H])(C[C@@H](O)CBr)C1C(=O)O[C@H](c2ccccc2)[C@H](c2ccccc2)N1C(=O)OC(C)(C)C. The Balaban J connectivity index is 2.19. The maximum atomic E-state index is 13.6. The number of benzene rings is 2. The van der Waals surface area contributed by atoms with E-state index in [9.17, 15) is 14.7 Å². The van der Waals surface area contributed by atoms with Crippen LogP contribution in [0.15, 0.2) is 60.7 Å². The highest BCUT2D eigenvalue weighted by molar-refractivity contribution is 9.09. The van der Waals surface area contributed by atoms with Crippen LogP contribution in [0.3, 0.4) is 0 Å². The van der Waals surface area contributed by atoms with Crippen molar-refractivity contribution >= 4 is 28.0 Å². The fourth-order valence-electron chi connectivity index (χ4n) is 3.57.